The summed E-state index contributed by atoms with van der Waals surface area (Å²) in [5, 5.41) is 27.0. The van der Waals surface area contributed by atoms with Crippen molar-refractivity contribution >= 4 is 29.7 Å². The van der Waals surface area contributed by atoms with Gasteiger partial charge >= 0.3 is 11.9 Å². The van der Waals surface area contributed by atoms with Gasteiger partial charge in [-0.1, -0.05) is 60.2 Å². The number of carboxylic acids is 2. The third-order valence-corrected chi connectivity index (χ3v) is 8.45. The van der Waals surface area contributed by atoms with E-state index in [4.69, 9.17) is 25.8 Å². The summed E-state index contributed by atoms with van der Waals surface area (Å²) in [4.78, 5) is 63.2. The fourth-order valence-electron chi connectivity index (χ4n) is 5.88. The van der Waals surface area contributed by atoms with Crippen LogP contribution in [0.2, 0.25) is 0 Å². The van der Waals surface area contributed by atoms with Gasteiger partial charge in [-0.15, -0.1) is 0 Å². The number of benzene rings is 2. The number of likely N-dealkylation sites (tertiary alicyclic amines) is 2. The molecule has 13 heteroatoms. The van der Waals surface area contributed by atoms with E-state index in [0.717, 1.165) is 23.1 Å². The van der Waals surface area contributed by atoms with Crippen molar-refractivity contribution in [3.63, 3.8) is 0 Å². The zero-order valence-electron chi connectivity index (χ0n) is 27.3. The average molecular weight is 655 g/mol. The summed E-state index contributed by atoms with van der Waals surface area (Å²) in [5.41, 5.74) is 7.43. The second kappa shape index (κ2) is 16.0. The summed E-state index contributed by atoms with van der Waals surface area (Å²) < 4.78 is 5.89. The molecule has 0 radical (unpaired) electrons. The molecule has 2 aromatic rings. The first-order valence-electron chi connectivity index (χ1n) is 15.5. The molecular formula is C34H46N4O9. The lowest BCUT2D eigenvalue weighted by molar-refractivity contribution is -0.152. The average Bonchev–Trinajstić information content (AvgIpc) is 3.25. The Morgan fingerprint density at radius 3 is 2.28 bits per heavy atom. The zero-order valence-corrected chi connectivity index (χ0v) is 27.3. The fraction of sp³-hybridized carbons (Fsp3) is 0.500. The number of nitrogens with zero attached hydrogens (tertiary/aromatic N) is 2. The number of carbonyl (C=O) groups is 5. The molecule has 2 aliphatic rings. The molecule has 2 heterocycles. The van der Waals surface area contributed by atoms with E-state index in [2.05, 4.69) is 29.6 Å². The minimum absolute atomic E-state index is 0.00822. The van der Waals surface area contributed by atoms with Crippen molar-refractivity contribution in [2.45, 2.75) is 70.2 Å². The normalized spacial score (nSPS) is 20.6. The van der Waals surface area contributed by atoms with Crippen molar-refractivity contribution in [3.05, 3.63) is 71.3 Å². The number of hydrogen-bond acceptors (Lipinski definition) is 8. The maximum Gasteiger partial charge on any atom is 0.333 e. The largest absolute Gasteiger partial charge is 0.481 e. The highest BCUT2D eigenvalue weighted by atomic mass is 16.5. The molecule has 0 saturated carbocycles. The maximum atomic E-state index is 13.9. The van der Waals surface area contributed by atoms with E-state index in [9.17, 15) is 24.0 Å². The van der Waals surface area contributed by atoms with E-state index in [1.54, 1.807) is 23.6 Å². The molecular weight excluding hydrogens is 608 g/mol. The second-order valence-electron chi connectivity index (χ2n) is 12.9. The molecule has 3 amide bonds. The molecule has 0 aliphatic carbocycles. The lowest BCUT2D eigenvalue weighted by Crippen LogP contribution is -2.60. The molecule has 256 valence electrons. The van der Waals surface area contributed by atoms with Gasteiger partial charge in [-0.3, -0.25) is 19.2 Å². The van der Waals surface area contributed by atoms with Gasteiger partial charge in [0.1, 0.15) is 6.04 Å². The quantitative estimate of drug-likeness (QED) is 0.237. The van der Waals surface area contributed by atoms with Gasteiger partial charge in [0.15, 0.2) is 6.10 Å². The fourth-order valence-corrected chi connectivity index (χ4v) is 5.88. The highest BCUT2D eigenvalue weighted by Gasteiger charge is 2.56. The van der Waals surface area contributed by atoms with Crippen LogP contribution in [0.5, 0.6) is 0 Å². The van der Waals surface area contributed by atoms with E-state index in [0.29, 0.717) is 32.7 Å². The summed E-state index contributed by atoms with van der Waals surface area (Å²) in [5.74, 6) is -3.46. The third-order valence-electron chi connectivity index (χ3n) is 8.45. The number of nitrogens with one attached hydrogen (secondary N) is 1. The van der Waals surface area contributed by atoms with Crippen LogP contribution in [0.1, 0.15) is 55.7 Å². The van der Waals surface area contributed by atoms with Crippen molar-refractivity contribution in [2.24, 2.45) is 11.1 Å². The number of aliphatic hydroxyl groups is 1. The maximum absolute atomic E-state index is 13.9. The van der Waals surface area contributed by atoms with Crippen molar-refractivity contribution in [1.29, 1.82) is 0 Å². The molecule has 4 atom stereocenters. The Morgan fingerprint density at radius 1 is 1.09 bits per heavy atom. The van der Waals surface area contributed by atoms with Crippen LogP contribution in [-0.4, -0.2) is 106 Å². The molecule has 0 bridgehead atoms. The number of likely N-dealkylation sites (N-methyl/N-ethyl adjacent to an activating group) is 1. The molecule has 6 N–H and O–H groups in total. The zero-order chi connectivity index (χ0) is 34.9. The van der Waals surface area contributed by atoms with Gasteiger partial charge in [-0.25, -0.2) is 4.79 Å². The van der Waals surface area contributed by atoms with Gasteiger partial charge in [-0.2, -0.15) is 0 Å². The molecule has 2 unspecified atom stereocenters. The highest BCUT2D eigenvalue weighted by molar-refractivity contribution is 5.93. The number of aryl methyl sites for hydroxylation is 1. The number of ether oxygens (including phenoxy) is 1. The first-order chi connectivity index (χ1) is 22.0. The van der Waals surface area contributed by atoms with E-state index in [1.807, 2.05) is 44.3 Å². The van der Waals surface area contributed by atoms with Gasteiger partial charge in [-0.05, 0) is 44.7 Å². The second-order valence-corrected chi connectivity index (χ2v) is 12.9. The summed E-state index contributed by atoms with van der Waals surface area (Å²) in [6.45, 7) is 7.02. The smallest absolute Gasteiger partial charge is 0.333 e. The van der Waals surface area contributed by atoms with E-state index >= 15 is 0 Å². The standard InChI is InChI=1S/C30H40N4O4.C4H6O5/c1-21-11-13-23(14-12-21)24-17-33(4)28(37)30(24)15-8-16-34(20-30)26(35)25(32-27(36)29(2,3)31)19-38-18-22-9-6-5-7-10-22;5-2(4(8)9)1-3(6)7/h5-7,9-14,24-25H,8,15-20,31H2,1-4H3,(H,32,36);2,5H,1H2,(H,6,7)(H,8,9)/t24?,25-,30?;2-/m10/s1. The molecule has 2 aromatic carbocycles. The molecule has 2 fully saturated rings. The summed E-state index contributed by atoms with van der Waals surface area (Å²) >= 11 is 0. The van der Waals surface area contributed by atoms with Crippen molar-refractivity contribution in [3.8, 4) is 0 Å². The summed E-state index contributed by atoms with van der Waals surface area (Å²) in [6, 6.07) is 17.1. The predicted molar refractivity (Wildman–Crippen MR) is 172 cm³/mol. The first kappa shape index (κ1) is 37.1. The lowest BCUT2D eigenvalue weighted by atomic mass is 9.69. The molecule has 2 aliphatic heterocycles. The van der Waals surface area contributed by atoms with Crippen LogP contribution in [-0.2, 0) is 35.3 Å². The number of piperidine rings is 1. The minimum atomic E-state index is -1.79. The first-order valence-corrected chi connectivity index (χ1v) is 15.5. The van der Waals surface area contributed by atoms with E-state index in [1.165, 1.54) is 0 Å². The number of carboxylic acid groups (broad SMARTS) is 2. The number of nitrogens with two attached hydrogens (primary N) is 1. The molecule has 13 nitrogen and oxygen atoms in total. The molecule has 2 saturated heterocycles. The molecule has 47 heavy (non-hydrogen) atoms. The third kappa shape index (κ3) is 9.83. The SMILES string of the molecule is Cc1ccc(C2CN(C)C(=O)C23CCCN(C(=O)[C@@H](COCc2ccccc2)NC(=O)C(C)(C)N)C3)cc1.O=C(O)C[C@H](O)C(=O)O. The van der Waals surface area contributed by atoms with Crippen LogP contribution in [0.4, 0.5) is 0 Å². The van der Waals surface area contributed by atoms with Crippen molar-refractivity contribution in [2.75, 3.05) is 33.3 Å². The number of aliphatic carboxylic acids is 2. The summed E-state index contributed by atoms with van der Waals surface area (Å²) in [7, 11) is 1.84. The topological polar surface area (TPSA) is 200 Å². The Kier molecular flexibility index (Phi) is 12.6. The van der Waals surface area contributed by atoms with E-state index in [-0.39, 0.29) is 24.3 Å². The van der Waals surface area contributed by atoms with Gasteiger partial charge in [0.25, 0.3) is 0 Å². The number of amides is 3. The summed E-state index contributed by atoms with van der Waals surface area (Å²) in [6.07, 6.45) is -1.12. The van der Waals surface area contributed by atoms with Gasteiger partial charge in [0.2, 0.25) is 17.7 Å². The van der Waals surface area contributed by atoms with Crippen molar-refractivity contribution in [1.82, 2.24) is 15.1 Å². The Morgan fingerprint density at radius 2 is 1.72 bits per heavy atom. The number of carbonyl (C=O) groups excluding carboxylic acids is 3. The number of hydrogen-bond donors (Lipinski definition) is 5. The molecule has 1 spiro atoms. The van der Waals surface area contributed by atoms with Crippen LogP contribution in [0.3, 0.4) is 0 Å². The van der Waals surface area contributed by atoms with Crippen molar-refractivity contribution < 1.29 is 44.0 Å². The number of aliphatic hydroxyl groups excluding tert-OH is 1. The number of rotatable bonds is 11. The molecule has 0 aromatic heterocycles. The Labute approximate surface area is 274 Å². The minimum Gasteiger partial charge on any atom is -0.481 e. The Bertz CT molecular complexity index is 1410. The van der Waals surface area contributed by atoms with Gasteiger partial charge in [0, 0.05) is 32.6 Å². The van der Waals surface area contributed by atoms with Crippen LogP contribution >= 0.6 is 0 Å². The van der Waals surface area contributed by atoms with Crippen LogP contribution in [0.25, 0.3) is 0 Å². The van der Waals surface area contributed by atoms with Crippen LogP contribution in [0, 0.1) is 12.3 Å². The van der Waals surface area contributed by atoms with E-state index < -0.39 is 47.4 Å². The monoisotopic (exact) mass is 654 g/mol. The van der Waals surface area contributed by atoms with Crippen LogP contribution in [0.15, 0.2) is 54.6 Å². The Balaban J connectivity index is 0.000000584. The van der Waals surface area contributed by atoms with Crippen LogP contribution < -0.4 is 11.1 Å². The molecule has 4 rings (SSSR count). The highest BCUT2D eigenvalue weighted by Crippen LogP contribution is 2.49. The Hall–Kier alpha value is -4.33. The van der Waals surface area contributed by atoms with Gasteiger partial charge < -0.3 is 40.9 Å². The van der Waals surface area contributed by atoms with Gasteiger partial charge in [0.05, 0.1) is 30.6 Å². The lowest BCUT2D eigenvalue weighted by Gasteiger charge is -2.43. The predicted octanol–water partition coefficient (Wildman–Crippen LogP) is 1.50.